The first-order chi connectivity index (χ1) is 6.91. The van der Waals surface area contributed by atoms with E-state index in [0.717, 1.165) is 24.1 Å². The first-order valence-electron chi connectivity index (χ1n) is 5.24. The summed E-state index contributed by atoms with van der Waals surface area (Å²) in [4.78, 5) is 0. The molecular weight excluding hydrogens is 231 g/mol. The monoisotopic (exact) mass is 248 g/mol. The molecule has 0 N–H and O–H groups in total. The minimum atomic E-state index is -0.0934. The number of halogens is 2. The van der Waals surface area contributed by atoms with E-state index in [1.54, 1.807) is 0 Å². The summed E-state index contributed by atoms with van der Waals surface area (Å²) < 4.78 is 1.86. The Balaban J connectivity index is 3.21. The minimum absolute atomic E-state index is 0.0934. The van der Waals surface area contributed by atoms with E-state index in [0.29, 0.717) is 11.0 Å². The fourth-order valence-electron chi connectivity index (χ4n) is 1.49. The van der Waals surface area contributed by atoms with Crippen LogP contribution < -0.4 is 0 Å². The largest absolute Gasteiger partial charge is 0.248 e. The van der Waals surface area contributed by atoms with Gasteiger partial charge in [0, 0.05) is 5.56 Å². The fraction of sp³-hybridized carbons (Fsp3) is 0.727. The van der Waals surface area contributed by atoms with Crippen molar-refractivity contribution in [1.29, 1.82) is 0 Å². The van der Waals surface area contributed by atoms with Crippen molar-refractivity contribution in [2.75, 3.05) is 0 Å². The van der Waals surface area contributed by atoms with Gasteiger partial charge in [-0.05, 0) is 27.2 Å². The molecule has 1 aromatic rings. The number of hydrogen-bond acceptors (Lipinski definition) is 1. The highest BCUT2D eigenvalue weighted by molar-refractivity contribution is 6.31. The third kappa shape index (κ3) is 2.67. The second kappa shape index (κ2) is 4.75. The maximum atomic E-state index is 6.27. The summed E-state index contributed by atoms with van der Waals surface area (Å²) in [5.41, 5.74) is 1.92. The highest BCUT2D eigenvalue weighted by Gasteiger charge is 2.22. The zero-order valence-corrected chi connectivity index (χ0v) is 11.3. The summed E-state index contributed by atoms with van der Waals surface area (Å²) in [5, 5.41) is 5.22. The van der Waals surface area contributed by atoms with E-state index in [4.69, 9.17) is 23.2 Å². The number of aryl methyl sites for hydroxylation is 1. The maximum Gasteiger partial charge on any atom is 0.132 e. The van der Waals surface area contributed by atoms with Gasteiger partial charge in [-0.25, -0.2) is 4.68 Å². The second-order valence-electron chi connectivity index (χ2n) is 4.68. The highest BCUT2D eigenvalue weighted by Crippen LogP contribution is 2.28. The predicted octanol–water partition coefficient (Wildman–Crippen LogP) is 3.98. The van der Waals surface area contributed by atoms with Gasteiger partial charge in [-0.3, -0.25) is 0 Å². The molecule has 0 aromatic carbocycles. The van der Waals surface area contributed by atoms with E-state index in [-0.39, 0.29) is 5.54 Å². The summed E-state index contributed by atoms with van der Waals surface area (Å²) in [7, 11) is 0. The molecular formula is C11H18Cl2N2. The normalized spacial score (nSPS) is 12.1. The molecule has 0 bridgehead atoms. The quantitative estimate of drug-likeness (QED) is 0.741. The van der Waals surface area contributed by atoms with E-state index in [9.17, 15) is 0 Å². The van der Waals surface area contributed by atoms with E-state index in [1.807, 2.05) is 4.68 Å². The van der Waals surface area contributed by atoms with Crippen LogP contribution in [0.4, 0.5) is 0 Å². The summed E-state index contributed by atoms with van der Waals surface area (Å²) >= 11 is 12.2. The molecule has 1 aromatic heterocycles. The van der Waals surface area contributed by atoms with Crippen LogP contribution in [0, 0.1) is 0 Å². The maximum absolute atomic E-state index is 6.27. The van der Waals surface area contributed by atoms with Crippen LogP contribution >= 0.6 is 23.2 Å². The Hall–Kier alpha value is -0.210. The molecule has 0 spiro atoms. The third-order valence-electron chi connectivity index (χ3n) is 2.26. The lowest BCUT2D eigenvalue weighted by molar-refractivity contribution is 0.353. The number of alkyl halides is 1. The van der Waals surface area contributed by atoms with Crippen molar-refractivity contribution < 1.29 is 0 Å². The van der Waals surface area contributed by atoms with Gasteiger partial charge in [-0.15, -0.1) is 11.6 Å². The molecule has 86 valence electrons. The average Bonchev–Trinajstić information content (AvgIpc) is 2.42. The lowest BCUT2D eigenvalue weighted by Crippen LogP contribution is -2.23. The van der Waals surface area contributed by atoms with Crippen LogP contribution in [0.5, 0.6) is 0 Å². The van der Waals surface area contributed by atoms with Crippen molar-refractivity contribution in [3.8, 4) is 0 Å². The molecule has 0 fully saturated rings. The molecule has 0 amide bonds. The van der Waals surface area contributed by atoms with Gasteiger partial charge in [0.05, 0.1) is 17.1 Å². The molecule has 1 rings (SSSR count). The Bertz CT molecular complexity index is 337. The standard InChI is InChI=1S/C11H18Cl2N2/c1-5-6-9-8(7-12)10(13)15(14-9)11(2,3)4/h5-7H2,1-4H3. The third-order valence-corrected chi connectivity index (χ3v) is 2.92. The summed E-state index contributed by atoms with van der Waals surface area (Å²) in [6, 6.07) is 0. The number of aromatic nitrogens is 2. The van der Waals surface area contributed by atoms with Gasteiger partial charge < -0.3 is 0 Å². The van der Waals surface area contributed by atoms with Crippen molar-refractivity contribution in [1.82, 2.24) is 9.78 Å². The van der Waals surface area contributed by atoms with E-state index < -0.39 is 0 Å². The minimum Gasteiger partial charge on any atom is -0.248 e. The molecule has 2 nitrogen and oxygen atoms in total. The molecule has 1 heterocycles. The lowest BCUT2D eigenvalue weighted by atomic mass is 10.1. The van der Waals surface area contributed by atoms with Crippen molar-refractivity contribution in [3.05, 3.63) is 16.4 Å². The summed E-state index contributed by atoms with van der Waals surface area (Å²) in [5.74, 6) is 0.435. The Labute approximate surface area is 102 Å². The smallest absolute Gasteiger partial charge is 0.132 e. The number of hydrogen-bond donors (Lipinski definition) is 0. The van der Waals surface area contributed by atoms with E-state index in [2.05, 4.69) is 32.8 Å². The van der Waals surface area contributed by atoms with E-state index >= 15 is 0 Å². The molecule has 0 unspecified atom stereocenters. The lowest BCUT2D eigenvalue weighted by Gasteiger charge is -2.20. The molecule has 0 aliphatic carbocycles. The van der Waals surface area contributed by atoms with Crippen LogP contribution in [0.3, 0.4) is 0 Å². The highest BCUT2D eigenvalue weighted by atomic mass is 35.5. The molecule has 0 aliphatic rings. The fourth-order valence-corrected chi connectivity index (χ4v) is 2.30. The summed E-state index contributed by atoms with van der Waals surface area (Å²) in [6.07, 6.45) is 1.99. The SMILES string of the molecule is CCCc1nn(C(C)(C)C)c(Cl)c1CCl. The number of rotatable bonds is 3. The van der Waals surface area contributed by atoms with Gasteiger partial charge in [-0.2, -0.15) is 5.10 Å². The Morgan fingerprint density at radius 1 is 1.33 bits per heavy atom. The van der Waals surface area contributed by atoms with Gasteiger partial charge >= 0.3 is 0 Å². The van der Waals surface area contributed by atoms with Gasteiger partial charge in [-0.1, -0.05) is 24.9 Å². The first-order valence-corrected chi connectivity index (χ1v) is 6.15. The Morgan fingerprint density at radius 2 is 1.93 bits per heavy atom. The summed E-state index contributed by atoms with van der Waals surface area (Å²) in [6.45, 7) is 8.38. The first kappa shape index (κ1) is 12.9. The van der Waals surface area contributed by atoms with Crippen LogP contribution in [-0.2, 0) is 17.8 Å². The zero-order valence-electron chi connectivity index (χ0n) is 9.77. The van der Waals surface area contributed by atoms with Crippen molar-refractivity contribution >= 4 is 23.2 Å². The van der Waals surface area contributed by atoms with Gasteiger partial charge in [0.2, 0.25) is 0 Å². The van der Waals surface area contributed by atoms with Crippen LogP contribution in [0.1, 0.15) is 45.4 Å². The van der Waals surface area contributed by atoms with Crippen LogP contribution in [0.25, 0.3) is 0 Å². The van der Waals surface area contributed by atoms with Gasteiger partial charge in [0.15, 0.2) is 0 Å². The van der Waals surface area contributed by atoms with Crippen LogP contribution in [0.2, 0.25) is 5.15 Å². The second-order valence-corrected chi connectivity index (χ2v) is 5.31. The molecule has 15 heavy (non-hydrogen) atoms. The molecule has 0 saturated heterocycles. The molecule has 0 aliphatic heterocycles. The van der Waals surface area contributed by atoms with Crippen molar-refractivity contribution in [2.45, 2.75) is 52.0 Å². The van der Waals surface area contributed by atoms with Crippen LogP contribution in [-0.4, -0.2) is 9.78 Å². The molecule has 0 atom stereocenters. The average molecular weight is 249 g/mol. The molecule has 0 radical (unpaired) electrons. The topological polar surface area (TPSA) is 17.8 Å². The molecule has 0 saturated carbocycles. The van der Waals surface area contributed by atoms with Gasteiger partial charge in [0.1, 0.15) is 5.15 Å². The Morgan fingerprint density at radius 3 is 2.33 bits per heavy atom. The molecule has 4 heteroatoms. The van der Waals surface area contributed by atoms with Crippen molar-refractivity contribution in [3.63, 3.8) is 0 Å². The van der Waals surface area contributed by atoms with Gasteiger partial charge in [0.25, 0.3) is 0 Å². The van der Waals surface area contributed by atoms with Crippen molar-refractivity contribution in [2.24, 2.45) is 0 Å². The number of nitrogens with zero attached hydrogens (tertiary/aromatic N) is 2. The van der Waals surface area contributed by atoms with E-state index in [1.165, 1.54) is 0 Å². The van der Waals surface area contributed by atoms with Crippen LogP contribution in [0.15, 0.2) is 0 Å². The predicted molar refractivity (Wildman–Crippen MR) is 65.8 cm³/mol. The zero-order chi connectivity index (χ0) is 11.6. The Kier molecular flexibility index (Phi) is 4.07.